The average Bonchev–Trinajstić information content (AvgIpc) is 2.71. The second kappa shape index (κ2) is 5.78. The molecule has 0 aliphatic carbocycles. The normalized spacial score (nSPS) is 22.8. The topological polar surface area (TPSA) is 73.2 Å². The van der Waals surface area contributed by atoms with E-state index in [1.165, 1.54) is 18.2 Å². The highest BCUT2D eigenvalue weighted by Gasteiger charge is 2.32. The lowest BCUT2D eigenvalue weighted by atomic mass is 10.2. The highest BCUT2D eigenvalue weighted by atomic mass is 35.5. The third kappa shape index (κ3) is 3.18. The predicted octanol–water partition coefficient (Wildman–Crippen LogP) is 2.22. The molecule has 1 N–H and O–H groups in total. The summed E-state index contributed by atoms with van der Waals surface area (Å²) >= 11 is 11.7. The van der Waals surface area contributed by atoms with E-state index >= 15 is 0 Å². The van der Waals surface area contributed by atoms with Crippen LogP contribution in [-0.2, 0) is 10.0 Å². The fraction of sp³-hybridized carbons (Fsp3) is 0.417. The molecule has 1 aliphatic heterocycles. The van der Waals surface area contributed by atoms with Crippen molar-refractivity contribution in [2.45, 2.75) is 30.3 Å². The van der Waals surface area contributed by atoms with Crippen LogP contribution in [0.25, 0.3) is 0 Å². The van der Waals surface area contributed by atoms with Crippen LogP contribution in [0.15, 0.2) is 23.1 Å². The van der Waals surface area contributed by atoms with Gasteiger partial charge in [0.15, 0.2) is 6.19 Å². The second-order valence-electron chi connectivity index (χ2n) is 4.73. The third-order valence-corrected chi connectivity index (χ3v) is 5.44. The SMILES string of the molecule is CC1CC(NS(=O)(=O)c2cc(Cl)ccc2Cl)CN1C#N. The molecule has 2 rings (SSSR count). The molecule has 0 aromatic heterocycles. The molecule has 1 aromatic rings. The number of benzene rings is 1. The van der Waals surface area contributed by atoms with Gasteiger partial charge in [0.25, 0.3) is 0 Å². The Labute approximate surface area is 128 Å². The standard InChI is InChI=1S/C12H13Cl2N3O2S/c1-8-4-10(6-17(8)7-15)16-20(18,19)12-5-9(13)2-3-11(12)14/h2-3,5,8,10,16H,4,6H2,1H3. The first-order chi connectivity index (χ1) is 9.33. The largest absolute Gasteiger partial charge is 0.306 e. The summed E-state index contributed by atoms with van der Waals surface area (Å²) in [4.78, 5) is 1.50. The van der Waals surface area contributed by atoms with E-state index in [1.54, 1.807) is 4.90 Å². The Morgan fingerprint density at radius 2 is 2.15 bits per heavy atom. The lowest BCUT2D eigenvalue weighted by molar-refractivity contribution is 0.386. The van der Waals surface area contributed by atoms with E-state index in [9.17, 15) is 8.42 Å². The number of hydrogen-bond acceptors (Lipinski definition) is 4. The lowest BCUT2D eigenvalue weighted by Gasteiger charge is -2.14. The molecular formula is C12H13Cl2N3O2S. The van der Waals surface area contributed by atoms with Crippen LogP contribution < -0.4 is 4.72 Å². The molecule has 1 aromatic carbocycles. The van der Waals surface area contributed by atoms with Crippen LogP contribution in [0.3, 0.4) is 0 Å². The van der Waals surface area contributed by atoms with Crippen LogP contribution >= 0.6 is 23.2 Å². The van der Waals surface area contributed by atoms with Gasteiger partial charge in [-0.3, -0.25) is 0 Å². The quantitative estimate of drug-likeness (QED) is 0.860. The number of sulfonamides is 1. The Hall–Kier alpha value is -1.00. The van der Waals surface area contributed by atoms with Crippen molar-refractivity contribution in [2.75, 3.05) is 6.54 Å². The molecule has 1 heterocycles. The first-order valence-corrected chi connectivity index (χ1v) is 8.21. The molecule has 2 unspecified atom stereocenters. The van der Waals surface area contributed by atoms with E-state index in [0.717, 1.165) is 0 Å². The van der Waals surface area contributed by atoms with E-state index in [1.807, 2.05) is 13.1 Å². The van der Waals surface area contributed by atoms with Gasteiger partial charge in [0.2, 0.25) is 10.0 Å². The van der Waals surface area contributed by atoms with Crippen LogP contribution in [0.1, 0.15) is 13.3 Å². The van der Waals surface area contributed by atoms with Gasteiger partial charge in [-0.2, -0.15) is 5.26 Å². The monoisotopic (exact) mass is 333 g/mol. The number of likely N-dealkylation sites (tertiary alicyclic amines) is 1. The first-order valence-electron chi connectivity index (χ1n) is 5.97. The minimum absolute atomic E-state index is 0.0162. The van der Waals surface area contributed by atoms with E-state index in [-0.39, 0.29) is 22.0 Å². The maximum Gasteiger partial charge on any atom is 0.242 e. The van der Waals surface area contributed by atoms with Gasteiger partial charge in [-0.05, 0) is 31.5 Å². The summed E-state index contributed by atoms with van der Waals surface area (Å²) in [6.07, 6.45) is 2.62. The molecule has 1 aliphatic rings. The number of nitriles is 1. The molecule has 0 bridgehead atoms. The molecule has 0 radical (unpaired) electrons. The summed E-state index contributed by atoms with van der Waals surface area (Å²) < 4.78 is 27.2. The summed E-state index contributed by atoms with van der Waals surface area (Å²) in [5, 5.41) is 9.33. The van der Waals surface area contributed by atoms with Crippen molar-refractivity contribution in [1.29, 1.82) is 5.26 Å². The van der Waals surface area contributed by atoms with Crippen molar-refractivity contribution in [3.63, 3.8) is 0 Å². The highest BCUT2D eigenvalue weighted by molar-refractivity contribution is 7.89. The van der Waals surface area contributed by atoms with Crippen molar-refractivity contribution in [3.8, 4) is 6.19 Å². The zero-order chi connectivity index (χ0) is 14.9. The lowest BCUT2D eigenvalue weighted by Crippen LogP contribution is -2.36. The van der Waals surface area contributed by atoms with Gasteiger partial charge < -0.3 is 4.90 Å². The van der Waals surface area contributed by atoms with Gasteiger partial charge in [0, 0.05) is 23.7 Å². The fourth-order valence-electron chi connectivity index (χ4n) is 2.22. The van der Waals surface area contributed by atoms with Crippen LogP contribution in [0.5, 0.6) is 0 Å². The molecule has 0 saturated carbocycles. The molecule has 5 nitrogen and oxygen atoms in total. The molecule has 0 spiro atoms. The molecule has 8 heteroatoms. The Morgan fingerprint density at radius 1 is 1.45 bits per heavy atom. The number of nitrogens with one attached hydrogen (secondary N) is 1. The van der Waals surface area contributed by atoms with Crippen molar-refractivity contribution in [3.05, 3.63) is 28.2 Å². The van der Waals surface area contributed by atoms with Gasteiger partial charge in [0.05, 0.1) is 5.02 Å². The van der Waals surface area contributed by atoms with Gasteiger partial charge in [-0.1, -0.05) is 23.2 Å². The van der Waals surface area contributed by atoms with Gasteiger partial charge >= 0.3 is 0 Å². The van der Waals surface area contributed by atoms with Crippen LogP contribution in [-0.4, -0.2) is 31.9 Å². The summed E-state index contributed by atoms with van der Waals surface area (Å²) in [7, 11) is -3.75. The van der Waals surface area contributed by atoms with Crippen LogP contribution in [0.4, 0.5) is 0 Å². The van der Waals surface area contributed by atoms with E-state index in [4.69, 9.17) is 28.5 Å². The Kier molecular flexibility index (Phi) is 4.45. The summed E-state index contributed by atoms with van der Waals surface area (Å²) in [6.45, 7) is 2.24. The summed E-state index contributed by atoms with van der Waals surface area (Å²) in [5.74, 6) is 0. The van der Waals surface area contributed by atoms with E-state index in [0.29, 0.717) is 18.0 Å². The Bertz CT molecular complexity index is 657. The highest BCUT2D eigenvalue weighted by Crippen LogP contribution is 2.26. The maximum absolute atomic E-state index is 12.3. The molecule has 20 heavy (non-hydrogen) atoms. The number of rotatable bonds is 3. The van der Waals surface area contributed by atoms with Gasteiger partial charge in [-0.15, -0.1) is 0 Å². The number of hydrogen-bond donors (Lipinski definition) is 1. The average molecular weight is 334 g/mol. The van der Waals surface area contributed by atoms with E-state index < -0.39 is 10.0 Å². The molecule has 0 amide bonds. The van der Waals surface area contributed by atoms with Crippen LogP contribution in [0, 0.1) is 11.5 Å². The number of nitrogens with zero attached hydrogens (tertiary/aromatic N) is 2. The van der Waals surface area contributed by atoms with Gasteiger partial charge in [0.1, 0.15) is 4.90 Å². The fourth-order valence-corrected chi connectivity index (χ4v) is 4.22. The Balaban J connectivity index is 2.21. The Morgan fingerprint density at radius 3 is 2.75 bits per heavy atom. The molecule has 1 fully saturated rings. The maximum atomic E-state index is 12.3. The molecule has 2 atom stereocenters. The molecule has 1 saturated heterocycles. The minimum atomic E-state index is -3.75. The minimum Gasteiger partial charge on any atom is -0.306 e. The first kappa shape index (κ1) is 15.4. The third-order valence-electron chi connectivity index (χ3n) is 3.21. The molecular weight excluding hydrogens is 321 g/mol. The zero-order valence-electron chi connectivity index (χ0n) is 10.7. The zero-order valence-corrected chi connectivity index (χ0v) is 13.0. The van der Waals surface area contributed by atoms with Crippen molar-refractivity contribution < 1.29 is 8.42 Å². The second-order valence-corrected chi connectivity index (χ2v) is 7.26. The summed E-state index contributed by atoms with van der Waals surface area (Å²) in [6, 6.07) is 3.98. The van der Waals surface area contributed by atoms with Crippen LogP contribution in [0.2, 0.25) is 10.0 Å². The molecule has 108 valence electrons. The summed E-state index contributed by atoms with van der Waals surface area (Å²) in [5.41, 5.74) is 0. The number of halogens is 2. The van der Waals surface area contributed by atoms with Crippen molar-refractivity contribution in [2.24, 2.45) is 0 Å². The predicted molar refractivity (Wildman–Crippen MR) is 77.0 cm³/mol. The van der Waals surface area contributed by atoms with Crippen molar-refractivity contribution >= 4 is 33.2 Å². The van der Waals surface area contributed by atoms with E-state index in [2.05, 4.69) is 4.72 Å². The van der Waals surface area contributed by atoms with Gasteiger partial charge in [-0.25, -0.2) is 13.1 Å². The van der Waals surface area contributed by atoms with Crippen molar-refractivity contribution in [1.82, 2.24) is 9.62 Å². The smallest absolute Gasteiger partial charge is 0.242 e.